The first kappa shape index (κ1) is 16.6. The summed E-state index contributed by atoms with van der Waals surface area (Å²) < 4.78 is 13.1. The molecule has 0 saturated carbocycles. The van der Waals surface area contributed by atoms with Crippen LogP contribution in [0.1, 0.15) is 35.2 Å². The SMILES string of the molecule is Br.Cc1cc(C(=O)CCCCBr)c(N)cc1F. The smallest absolute Gasteiger partial charge is 0.164 e. The minimum atomic E-state index is -0.366. The number of hydrogen-bond donors (Lipinski definition) is 1. The van der Waals surface area contributed by atoms with E-state index >= 15 is 0 Å². The molecule has 17 heavy (non-hydrogen) atoms. The zero-order chi connectivity index (χ0) is 12.1. The van der Waals surface area contributed by atoms with Crippen molar-refractivity contribution in [3.05, 3.63) is 29.1 Å². The number of aryl methyl sites for hydroxylation is 1. The Morgan fingerprint density at radius 2 is 2.06 bits per heavy atom. The molecule has 0 aliphatic heterocycles. The molecule has 0 amide bonds. The maximum atomic E-state index is 13.1. The summed E-state index contributed by atoms with van der Waals surface area (Å²) in [6, 6.07) is 2.74. The Balaban J connectivity index is 0.00000256. The largest absolute Gasteiger partial charge is 0.398 e. The van der Waals surface area contributed by atoms with Gasteiger partial charge in [-0.25, -0.2) is 4.39 Å². The summed E-state index contributed by atoms with van der Waals surface area (Å²) in [7, 11) is 0. The Kier molecular flexibility index (Phi) is 7.63. The third-order valence-corrected chi connectivity index (χ3v) is 2.98. The van der Waals surface area contributed by atoms with Gasteiger partial charge in [0.05, 0.1) is 0 Å². The molecule has 0 saturated heterocycles. The number of Topliss-reactive ketones (excluding diaryl/α,β-unsaturated/α-hetero) is 1. The third kappa shape index (κ3) is 4.76. The molecule has 0 fully saturated rings. The van der Waals surface area contributed by atoms with Gasteiger partial charge in [0.25, 0.3) is 0 Å². The molecule has 0 spiro atoms. The second-order valence-corrected chi connectivity index (χ2v) is 4.55. The van der Waals surface area contributed by atoms with Crippen LogP contribution in [0.2, 0.25) is 0 Å². The monoisotopic (exact) mass is 367 g/mol. The molecule has 0 aliphatic rings. The number of unbranched alkanes of at least 4 members (excludes halogenated alkanes) is 1. The molecule has 0 unspecified atom stereocenters. The van der Waals surface area contributed by atoms with Crippen LogP contribution >= 0.6 is 32.9 Å². The number of rotatable bonds is 5. The Hall–Kier alpha value is -0.420. The van der Waals surface area contributed by atoms with Gasteiger partial charge < -0.3 is 5.73 Å². The lowest BCUT2D eigenvalue weighted by atomic mass is 10.0. The van der Waals surface area contributed by atoms with E-state index < -0.39 is 0 Å². The van der Waals surface area contributed by atoms with Crippen molar-refractivity contribution in [3.8, 4) is 0 Å². The summed E-state index contributed by atoms with van der Waals surface area (Å²) in [5.41, 5.74) is 6.75. The number of nitrogen functional groups attached to an aromatic ring is 1. The van der Waals surface area contributed by atoms with Gasteiger partial charge in [-0.05, 0) is 37.5 Å². The zero-order valence-corrected chi connectivity index (χ0v) is 12.9. The van der Waals surface area contributed by atoms with Crippen LogP contribution in [-0.2, 0) is 0 Å². The summed E-state index contributed by atoms with van der Waals surface area (Å²) in [5.74, 6) is -0.379. The predicted molar refractivity (Wildman–Crippen MR) is 77.8 cm³/mol. The van der Waals surface area contributed by atoms with E-state index in [0.717, 1.165) is 18.2 Å². The number of carbonyl (C=O) groups excluding carboxylic acids is 1. The highest BCUT2D eigenvalue weighted by Crippen LogP contribution is 2.19. The molecule has 5 heteroatoms. The average molecular weight is 369 g/mol. The van der Waals surface area contributed by atoms with Crippen molar-refractivity contribution in [1.82, 2.24) is 0 Å². The summed E-state index contributed by atoms with van der Waals surface area (Å²) in [6.45, 7) is 1.63. The molecule has 2 N–H and O–H groups in total. The van der Waals surface area contributed by atoms with Crippen molar-refractivity contribution in [3.63, 3.8) is 0 Å². The van der Waals surface area contributed by atoms with Crippen molar-refractivity contribution in [2.75, 3.05) is 11.1 Å². The van der Waals surface area contributed by atoms with Gasteiger partial charge in [0.1, 0.15) is 5.82 Å². The zero-order valence-electron chi connectivity index (χ0n) is 9.63. The van der Waals surface area contributed by atoms with E-state index in [9.17, 15) is 9.18 Å². The van der Waals surface area contributed by atoms with Gasteiger partial charge in [-0.15, -0.1) is 17.0 Å². The topological polar surface area (TPSA) is 43.1 Å². The van der Waals surface area contributed by atoms with Crippen LogP contribution in [-0.4, -0.2) is 11.1 Å². The van der Waals surface area contributed by atoms with Crippen molar-refractivity contribution in [2.24, 2.45) is 0 Å². The Labute approximate surface area is 120 Å². The Bertz CT molecular complexity index is 396. The van der Waals surface area contributed by atoms with Gasteiger partial charge >= 0.3 is 0 Å². The molecular formula is C12H16Br2FNO. The molecular weight excluding hydrogens is 353 g/mol. The molecule has 0 aliphatic carbocycles. The van der Waals surface area contributed by atoms with E-state index in [1.165, 1.54) is 12.1 Å². The van der Waals surface area contributed by atoms with E-state index in [1.54, 1.807) is 6.92 Å². The van der Waals surface area contributed by atoms with Crippen LogP contribution in [0, 0.1) is 12.7 Å². The van der Waals surface area contributed by atoms with Crippen molar-refractivity contribution >= 4 is 44.4 Å². The molecule has 96 valence electrons. The molecule has 0 atom stereocenters. The normalized spacial score (nSPS) is 9.82. The number of hydrogen-bond acceptors (Lipinski definition) is 2. The maximum Gasteiger partial charge on any atom is 0.164 e. The number of ketones is 1. The average Bonchev–Trinajstić information content (AvgIpc) is 2.23. The second-order valence-electron chi connectivity index (χ2n) is 3.76. The van der Waals surface area contributed by atoms with E-state index in [2.05, 4.69) is 15.9 Å². The molecule has 2 nitrogen and oxygen atoms in total. The summed E-state index contributed by atoms with van der Waals surface area (Å²) in [4.78, 5) is 11.8. The van der Waals surface area contributed by atoms with Crippen molar-refractivity contribution < 1.29 is 9.18 Å². The van der Waals surface area contributed by atoms with E-state index in [0.29, 0.717) is 17.5 Å². The van der Waals surface area contributed by atoms with Crippen molar-refractivity contribution in [2.45, 2.75) is 26.2 Å². The summed E-state index contributed by atoms with van der Waals surface area (Å²) in [5, 5.41) is 0.887. The summed E-state index contributed by atoms with van der Waals surface area (Å²) >= 11 is 3.31. The number of anilines is 1. The third-order valence-electron chi connectivity index (χ3n) is 2.42. The van der Waals surface area contributed by atoms with Crippen LogP contribution in [0.3, 0.4) is 0 Å². The van der Waals surface area contributed by atoms with Crippen LogP contribution in [0.4, 0.5) is 10.1 Å². The Morgan fingerprint density at radius 1 is 1.41 bits per heavy atom. The second kappa shape index (κ2) is 7.82. The molecule has 1 aromatic rings. The first-order chi connectivity index (χ1) is 7.56. The first-order valence-electron chi connectivity index (χ1n) is 5.21. The summed E-state index contributed by atoms with van der Waals surface area (Å²) in [6.07, 6.45) is 2.23. The van der Waals surface area contributed by atoms with Gasteiger partial charge in [0.2, 0.25) is 0 Å². The fourth-order valence-electron chi connectivity index (χ4n) is 1.45. The van der Waals surface area contributed by atoms with E-state index in [1.807, 2.05) is 0 Å². The number of carbonyl (C=O) groups is 1. The lowest BCUT2D eigenvalue weighted by molar-refractivity contribution is 0.0980. The van der Waals surface area contributed by atoms with E-state index in [4.69, 9.17) is 5.73 Å². The highest BCUT2D eigenvalue weighted by molar-refractivity contribution is 9.09. The highest BCUT2D eigenvalue weighted by atomic mass is 79.9. The standard InChI is InChI=1S/C12H15BrFNO.BrH/c1-8-6-9(11(15)7-10(8)14)12(16)4-2-3-5-13;/h6-7H,2-5,15H2,1H3;1H. The number of alkyl halides is 1. The minimum Gasteiger partial charge on any atom is -0.398 e. The lowest BCUT2D eigenvalue weighted by Crippen LogP contribution is -2.05. The van der Waals surface area contributed by atoms with Gasteiger partial charge in [0, 0.05) is 23.0 Å². The molecule has 0 bridgehead atoms. The van der Waals surface area contributed by atoms with E-state index in [-0.39, 0.29) is 34.3 Å². The molecule has 0 radical (unpaired) electrons. The number of halogens is 3. The van der Waals surface area contributed by atoms with Crippen LogP contribution < -0.4 is 5.73 Å². The molecule has 0 aromatic heterocycles. The van der Waals surface area contributed by atoms with Crippen LogP contribution in [0.5, 0.6) is 0 Å². The van der Waals surface area contributed by atoms with Crippen LogP contribution in [0.25, 0.3) is 0 Å². The molecule has 0 heterocycles. The predicted octanol–water partition coefficient (Wildman–Crippen LogP) is 4.04. The highest BCUT2D eigenvalue weighted by Gasteiger charge is 2.11. The van der Waals surface area contributed by atoms with Gasteiger partial charge in [-0.1, -0.05) is 15.9 Å². The fourth-order valence-corrected chi connectivity index (χ4v) is 1.85. The fraction of sp³-hybridized carbons (Fsp3) is 0.417. The maximum absolute atomic E-state index is 13.1. The molecule has 1 rings (SSSR count). The van der Waals surface area contributed by atoms with Gasteiger partial charge in [0.15, 0.2) is 5.78 Å². The van der Waals surface area contributed by atoms with Gasteiger partial charge in [-0.2, -0.15) is 0 Å². The van der Waals surface area contributed by atoms with Gasteiger partial charge in [-0.3, -0.25) is 4.79 Å². The Morgan fingerprint density at radius 3 is 2.65 bits per heavy atom. The number of nitrogens with two attached hydrogens (primary N) is 1. The minimum absolute atomic E-state index is 0. The quantitative estimate of drug-likeness (QED) is 0.369. The number of benzene rings is 1. The van der Waals surface area contributed by atoms with Crippen molar-refractivity contribution in [1.29, 1.82) is 0 Å². The lowest BCUT2D eigenvalue weighted by Gasteiger charge is -2.06. The first-order valence-corrected chi connectivity index (χ1v) is 6.33. The molecule has 1 aromatic carbocycles. The van der Waals surface area contributed by atoms with Crippen LogP contribution in [0.15, 0.2) is 12.1 Å².